The van der Waals surface area contributed by atoms with E-state index in [1.807, 2.05) is 0 Å². The minimum Gasteiger partial charge on any atom is -0.296 e. The first-order valence-corrected chi connectivity index (χ1v) is 11.0. The van der Waals surface area contributed by atoms with Gasteiger partial charge in [-0.25, -0.2) is 8.78 Å². The first-order valence-electron chi connectivity index (χ1n) is 11.0. The van der Waals surface area contributed by atoms with Crippen molar-refractivity contribution in [3.05, 3.63) is 0 Å². The summed E-state index contributed by atoms with van der Waals surface area (Å²) in [5.74, 6) is 0.0566. The lowest BCUT2D eigenvalue weighted by atomic mass is 9.75. The molecule has 0 saturated carbocycles. The van der Waals surface area contributed by atoms with Crippen molar-refractivity contribution in [1.29, 1.82) is 0 Å². The van der Waals surface area contributed by atoms with Gasteiger partial charge in [0.2, 0.25) is 0 Å². The third-order valence-electron chi connectivity index (χ3n) is 8.68. The molecule has 28 heavy (non-hydrogen) atoms. The summed E-state index contributed by atoms with van der Waals surface area (Å²) < 4.78 is 30.2. The molecule has 4 nitrogen and oxygen atoms in total. The molecule has 4 aliphatic rings. The molecule has 6 heteroatoms. The second-order valence-electron chi connectivity index (χ2n) is 11.8. The highest BCUT2D eigenvalue weighted by Gasteiger charge is 2.63. The standard InChI is InChI=1S/C22H40F2N4/c1-19(2,3)27-14-22(15-27)18(24)16(11-26(22)7)10-20(4,5)28-12-21(13-28)17(23)8-9-25(21)6/h16-18H,8-15H2,1-7H3/t16?,17-,18+/m1/s1. The fourth-order valence-electron chi connectivity index (χ4n) is 6.24. The molecule has 0 amide bonds. The fraction of sp³-hybridized carbons (Fsp3) is 1.00. The molecule has 0 radical (unpaired) electrons. The van der Waals surface area contributed by atoms with Crippen molar-refractivity contribution < 1.29 is 8.78 Å². The number of nitrogens with zero attached hydrogens (tertiary/aromatic N) is 4. The van der Waals surface area contributed by atoms with Crippen molar-refractivity contribution in [1.82, 2.24) is 19.6 Å². The summed E-state index contributed by atoms with van der Waals surface area (Å²) in [6, 6.07) is 0. The van der Waals surface area contributed by atoms with E-state index in [4.69, 9.17) is 0 Å². The highest BCUT2D eigenvalue weighted by Crippen LogP contribution is 2.48. The molecule has 2 spiro atoms. The Morgan fingerprint density at radius 1 is 0.857 bits per heavy atom. The average Bonchev–Trinajstić information content (AvgIpc) is 2.89. The van der Waals surface area contributed by atoms with Gasteiger partial charge in [0.05, 0.1) is 11.1 Å². The minimum atomic E-state index is -0.784. The predicted molar refractivity (Wildman–Crippen MR) is 110 cm³/mol. The molecule has 3 atom stereocenters. The van der Waals surface area contributed by atoms with Gasteiger partial charge in [-0.15, -0.1) is 0 Å². The SMILES string of the molecule is CN1CC[C@@H](F)C12CN(C(C)(C)CC1CN(C)C3(CN(C(C)(C)C)C3)[C@H]1F)C2. The van der Waals surface area contributed by atoms with Gasteiger partial charge < -0.3 is 0 Å². The Labute approximate surface area is 170 Å². The van der Waals surface area contributed by atoms with Gasteiger partial charge >= 0.3 is 0 Å². The molecule has 162 valence electrons. The minimum absolute atomic E-state index is 0.0566. The Morgan fingerprint density at radius 2 is 1.43 bits per heavy atom. The lowest BCUT2D eigenvalue weighted by Crippen LogP contribution is -2.75. The number of alkyl halides is 2. The molecular weight excluding hydrogens is 358 g/mol. The van der Waals surface area contributed by atoms with Gasteiger partial charge in [-0.2, -0.15) is 0 Å². The van der Waals surface area contributed by atoms with Crippen LogP contribution < -0.4 is 0 Å². The van der Waals surface area contributed by atoms with Crippen LogP contribution in [0.2, 0.25) is 0 Å². The first-order chi connectivity index (χ1) is 12.8. The second kappa shape index (κ2) is 6.35. The highest BCUT2D eigenvalue weighted by atomic mass is 19.1. The van der Waals surface area contributed by atoms with Crippen LogP contribution in [0.25, 0.3) is 0 Å². The summed E-state index contributed by atoms with van der Waals surface area (Å²) in [7, 11) is 4.15. The zero-order valence-electron chi connectivity index (χ0n) is 18.9. The van der Waals surface area contributed by atoms with Crippen molar-refractivity contribution in [2.45, 2.75) is 82.0 Å². The summed E-state index contributed by atoms with van der Waals surface area (Å²) >= 11 is 0. The molecule has 4 heterocycles. The van der Waals surface area contributed by atoms with Gasteiger partial charge in [-0.1, -0.05) is 0 Å². The Balaban J connectivity index is 1.38. The van der Waals surface area contributed by atoms with Crippen LogP contribution >= 0.6 is 0 Å². The predicted octanol–water partition coefficient (Wildman–Crippen LogP) is 2.64. The van der Waals surface area contributed by atoms with Crippen LogP contribution in [0.5, 0.6) is 0 Å². The third kappa shape index (κ3) is 2.89. The monoisotopic (exact) mass is 398 g/mol. The molecule has 0 bridgehead atoms. The van der Waals surface area contributed by atoms with Gasteiger partial charge in [-0.05, 0) is 61.6 Å². The van der Waals surface area contributed by atoms with Crippen LogP contribution in [0.1, 0.15) is 47.5 Å². The number of likely N-dealkylation sites (tertiary alicyclic amines) is 4. The zero-order chi connectivity index (χ0) is 20.7. The summed E-state index contributed by atoms with van der Waals surface area (Å²) in [6.07, 6.45) is -0.0178. The van der Waals surface area contributed by atoms with Crippen LogP contribution in [0.15, 0.2) is 0 Å². The van der Waals surface area contributed by atoms with E-state index in [2.05, 4.69) is 68.3 Å². The Hall–Kier alpha value is -0.300. The molecule has 4 aliphatic heterocycles. The van der Waals surface area contributed by atoms with E-state index in [-0.39, 0.29) is 28.1 Å². The Morgan fingerprint density at radius 3 is 1.93 bits per heavy atom. The number of rotatable bonds is 3. The van der Waals surface area contributed by atoms with Crippen LogP contribution in [0.4, 0.5) is 8.78 Å². The Bertz CT molecular complexity index is 592. The van der Waals surface area contributed by atoms with Crippen molar-refractivity contribution in [3.63, 3.8) is 0 Å². The number of halogens is 2. The molecular formula is C22H40F2N4. The van der Waals surface area contributed by atoms with Crippen LogP contribution in [0.3, 0.4) is 0 Å². The smallest absolute Gasteiger partial charge is 0.125 e. The van der Waals surface area contributed by atoms with Crippen molar-refractivity contribution in [2.24, 2.45) is 5.92 Å². The van der Waals surface area contributed by atoms with Gasteiger partial charge in [0.15, 0.2) is 0 Å². The lowest BCUT2D eigenvalue weighted by molar-refractivity contribution is -0.110. The maximum absolute atomic E-state index is 15.7. The molecule has 0 aromatic carbocycles. The van der Waals surface area contributed by atoms with Gasteiger partial charge in [0.1, 0.15) is 12.3 Å². The van der Waals surface area contributed by atoms with E-state index >= 15 is 4.39 Å². The number of hydrogen-bond acceptors (Lipinski definition) is 4. The normalized spacial score (nSPS) is 37.0. The molecule has 0 aromatic heterocycles. The van der Waals surface area contributed by atoms with E-state index in [0.717, 1.165) is 45.7 Å². The maximum atomic E-state index is 15.7. The summed E-state index contributed by atoms with van der Waals surface area (Å²) in [5, 5.41) is 0. The molecule has 4 saturated heterocycles. The third-order valence-corrected chi connectivity index (χ3v) is 8.68. The van der Waals surface area contributed by atoms with Crippen LogP contribution in [-0.4, -0.2) is 107 Å². The fourth-order valence-corrected chi connectivity index (χ4v) is 6.24. The molecule has 0 aliphatic carbocycles. The highest BCUT2D eigenvalue weighted by molar-refractivity contribution is 5.18. The maximum Gasteiger partial charge on any atom is 0.125 e. The van der Waals surface area contributed by atoms with E-state index in [9.17, 15) is 4.39 Å². The van der Waals surface area contributed by atoms with Crippen molar-refractivity contribution in [3.8, 4) is 0 Å². The van der Waals surface area contributed by atoms with E-state index in [0.29, 0.717) is 6.42 Å². The largest absolute Gasteiger partial charge is 0.296 e. The second-order valence-corrected chi connectivity index (χ2v) is 11.8. The van der Waals surface area contributed by atoms with E-state index in [1.54, 1.807) is 0 Å². The molecule has 4 fully saturated rings. The molecule has 4 rings (SSSR count). The lowest BCUT2D eigenvalue weighted by Gasteiger charge is -2.59. The van der Waals surface area contributed by atoms with Crippen LogP contribution in [0, 0.1) is 5.92 Å². The quantitative estimate of drug-likeness (QED) is 0.725. The first kappa shape index (κ1) is 21.0. The van der Waals surface area contributed by atoms with Gasteiger partial charge in [0, 0.05) is 56.3 Å². The van der Waals surface area contributed by atoms with Crippen molar-refractivity contribution >= 4 is 0 Å². The van der Waals surface area contributed by atoms with Crippen LogP contribution in [-0.2, 0) is 0 Å². The summed E-state index contributed by atoms with van der Waals surface area (Å²) in [6.45, 7) is 16.0. The van der Waals surface area contributed by atoms with Gasteiger partial charge in [0.25, 0.3) is 0 Å². The molecule has 1 unspecified atom stereocenters. The Kier molecular flexibility index (Phi) is 4.75. The molecule has 0 aromatic rings. The zero-order valence-corrected chi connectivity index (χ0v) is 18.9. The number of hydrogen-bond donors (Lipinski definition) is 0. The number of likely N-dealkylation sites (N-methyl/N-ethyl adjacent to an activating group) is 2. The van der Waals surface area contributed by atoms with Gasteiger partial charge in [-0.3, -0.25) is 19.6 Å². The molecule has 0 N–H and O–H groups in total. The average molecular weight is 399 g/mol. The summed E-state index contributed by atoms with van der Waals surface area (Å²) in [5.41, 5.74) is -0.588. The van der Waals surface area contributed by atoms with E-state index < -0.39 is 12.3 Å². The topological polar surface area (TPSA) is 13.0 Å². The van der Waals surface area contributed by atoms with Crippen molar-refractivity contribution in [2.75, 3.05) is 53.4 Å². The van der Waals surface area contributed by atoms with E-state index in [1.165, 1.54) is 0 Å². The summed E-state index contributed by atoms with van der Waals surface area (Å²) in [4.78, 5) is 9.26.